The monoisotopic (exact) mass is 604 g/mol. The maximum atomic E-state index is 14.0. The summed E-state index contributed by atoms with van der Waals surface area (Å²) in [5.74, 6) is -0.343. The number of aryl methyl sites for hydroxylation is 1. The molecule has 39 heavy (non-hydrogen) atoms. The molecule has 0 aliphatic carbocycles. The molecule has 7 nitrogen and oxygen atoms in total. The van der Waals surface area contributed by atoms with Crippen LogP contribution in [0, 0.1) is 6.92 Å². The van der Waals surface area contributed by atoms with Crippen molar-refractivity contribution in [1.29, 1.82) is 0 Å². The first-order valence-electron chi connectivity index (χ1n) is 12.2. The Balaban J connectivity index is 1.84. The largest absolute Gasteiger partial charge is 0.504 e. The molecule has 1 unspecified atom stereocenters. The average Bonchev–Trinajstić information content (AvgIpc) is 3.25. The lowest BCUT2D eigenvalue weighted by Gasteiger charge is -2.26. The summed E-state index contributed by atoms with van der Waals surface area (Å²) in [6.07, 6.45) is 1.61. The molecule has 1 N–H and O–H groups in total. The number of aromatic hydroxyl groups is 1. The van der Waals surface area contributed by atoms with E-state index in [1.807, 2.05) is 61.5 Å². The number of carbonyl (C=O) groups excluding carboxylic acids is 1. The Bertz CT molecular complexity index is 1770. The smallest absolute Gasteiger partial charge is 0.338 e. The van der Waals surface area contributed by atoms with Gasteiger partial charge in [0.25, 0.3) is 5.56 Å². The number of methoxy groups -OCH3 is 1. The van der Waals surface area contributed by atoms with Crippen molar-refractivity contribution in [2.45, 2.75) is 19.9 Å². The van der Waals surface area contributed by atoms with Gasteiger partial charge in [0.1, 0.15) is 0 Å². The Hall–Kier alpha value is -3.95. The Morgan fingerprint density at radius 3 is 2.54 bits per heavy atom. The van der Waals surface area contributed by atoms with Crippen molar-refractivity contribution in [2.24, 2.45) is 4.99 Å². The van der Waals surface area contributed by atoms with E-state index in [4.69, 9.17) is 14.5 Å². The lowest BCUT2D eigenvalue weighted by Crippen LogP contribution is -2.40. The molecule has 0 fully saturated rings. The number of hydrogen-bond donors (Lipinski definition) is 1. The van der Waals surface area contributed by atoms with Crippen molar-refractivity contribution in [2.75, 3.05) is 13.7 Å². The highest BCUT2D eigenvalue weighted by Crippen LogP contribution is 2.36. The van der Waals surface area contributed by atoms with Gasteiger partial charge in [0.2, 0.25) is 0 Å². The van der Waals surface area contributed by atoms with E-state index in [-0.39, 0.29) is 29.2 Å². The molecular formula is C30H25BrN2O5S. The van der Waals surface area contributed by atoms with E-state index in [0.717, 1.165) is 16.7 Å². The maximum Gasteiger partial charge on any atom is 0.338 e. The molecular weight excluding hydrogens is 580 g/mol. The second kappa shape index (κ2) is 11.0. The van der Waals surface area contributed by atoms with Crippen LogP contribution in [-0.2, 0) is 9.53 Å². The predicted octanol–water partition coefficient (Wildman–Crippen LogP) is 4.72. The van der Waals surface area contributed by atoms with Crippen LogP contribution in [0.2, 0.25) is 0 Å². The minimum absolute atomic E-state index is 0.0844. The van der Waals surface area contributed by atoms with Crippen LogP contribution < -0.4 is 19.6 Å². The van der Waals surface area contributed by atoms with Crippen LogP contribution in [0.3, 0.4) is 0 Å². The van der Waals surface area contributed by atoms with Crippen LogP contribution in [0.25, 0.3) is 11.8 Å². The Morgan fingerprint density at radius 1 is 1.15 bits per heavy atom. The molecule has 0 spiro atoms. The number of benzene rings is 3. The molecule has 0 saturated heterocycles. The number of phenols is 1. The van der Waals surface area contributed by atoms with Crippen molar-refractivity contribution in [1.82, 2.24) is 4.57 Å². The molecule has 4 aromatic rings. The number of esters is 1. The number of aromatic nitrogens is 1. The summed E-state index contributed by atoms with van der Waals surface area (Å²) in [6.45, 7) is 3.90. The number of ether oxygens (including phenoxy) is 2. The summed E-state index contributed by atoms with van der Waals surface area (Å²) in [5.41, 5.74) is 3.37. The average molecular weight is 606 g/mol. The van der Waals surface area contributed by atoms with Gasteiger partial charge < -0.3 is 14.6 Å². The van der Waals surface area contributed by atoms with Crippen LogP contribution in [0.4, 0.5) is 0 Å². The summed E-state index contributed by atoms with van der Waals surface area (Å²) in [7, 11) is 1.46. The quantitative estimate of drug-likeness (QED) is 0.322. The molecule has 1 aromatic heterocycles. The molecule has 0 radical (unpaired) electrons. The number of fused-ring (bicyclic) bond motifs is 1. The first-order valence-corrected chi connectivity index (χ1v) is 13.8. The van der Waals surface area contributed by atoms with E-state index in [1.54, 1.807) is 25.1 Å². The number of halogens is 1. The molecule has 3 aromatic carbocycles. The number of phenolic OH excluding ortho intramolecular Hbond substituents is 1. The Morgan fingerprint density at radius 2 is 1.87 bits per heavy atom. The lowest BCUT2D eigenvalue weighted by atomic mass is 9.92. The fourth-order valence-corrected chi connectivity index (χ4v) is 5.95. The number of thiazole rings is 1. The van der Waals surface area contributed by atoms with Gasteiger partial charge in [-0.15, -0.1) is 0 Å². The van der Waals surface area contributed by atoms with Crippen LogP contribution in [0.1, 0.15) is 35.2 Å². The molecule has 5 rings (SSSR count). The van der Waals surface area contributed by atoms with Gasteiger partial charge in [0.05, 0.1) is 35.6 Å². The van der Waals surface area contributed by atoms with E-state index >= 15 is 0 Å². The molecule has 198 valence electrons. The zero-order chi connectivity index (χ0) is 27.7. The van der Waals surface area contributed by atoms with Gasteiger partial charge >= 0.3 is 5.97 Å². The van der Waals surface area contributed by atoms with E-state index in [9.17, 15) is 14.7 Å². The second-order valence-corrected chi connectivity index (χ2v) is 10.8. The van der Waals surface area contributed by atoms with Crippen LogP contribution in [-0.4, -0.2) is 29.4 Å². The van der Waals surface area contributed by atoms with E-state index in [0.29, 0.717) is 25.1 Å². The van der Waals surface area contributed by atoms with Gasteiger partial charge in [0, 0.05) is 15.6 Å². The molecule has 9 heteroatoms. The van der Waals surface area contributed by atoms with Crippen LogP contribution >= 0.6 is 27.3 Å². The fraction of sp³-hybridized carbons (Fsp3) is 0.167. The maximum absolute atomic E-state index is 14.0. The molecule has 0 bridgehead atoms. The van der Waals surface area contributed by atoms with Gasteiger partial charge in [-0.2, -0.15) is 0 Å². The molecule has 2 heterocycles. The fourth-order valence-electron chi connectivity index (χ4n) is 4.51. The third kappa shape index (κ3) is 5.07. The number of hydrogen-bond acceptors (Lipinski definition) is 7. The third-order valence-electron chi connectivity index (χ3n) is 6.34. The van der Waals surface area contributed by atoms with E-state index in [2.05, 4.69) is 15.9 Å². The summed E-state index contributed by atoms with van der Waals surface area (Å²) in [5, 5.41) is 10.7. The van der Waals surface area contributed by atoms with Crippen LogP contribution in [0.5, 0.6) is 11.5 Å². The third-order valence-corrected chi connectivity index (χ3v) is 7.78. The second-order valence-electron chi connectivity index (χ2n) is 8.89. The number of rotatable bonds is 6. The van der Waals surface area contributed by atoms with Crippen molar-refractivity contribution in [3.05, 3.63) is 119 Å². The number of nitrogens with zero attached hydrogens (tertiary/aromatic N) is 2. The minimum atomic E-state index is -0.760. The van der Waals surface area contributed by atoms with Crippen molar-refractivity contribution in [3.8, 4) is 11.5 Å². The Kier molecular flexibility index (Phi) is 7.54. The molecule has 1 atom stereocenters. The van der Waals surface area contributed by atoms with Crippen LogP contribution in [0.15, 0.2) is 86.6 Å². The van der Waals surface area contributed by atoms with Gasteiger partial charge in [-0.25, -0.2) is 9.79 Å². The summed E-state index contributed by atoms with van der Waals surface area (Å²) in [6, 6.07) is 19.7. The summed E-state index contributed by atoms with van der Waals surface area (Å²) < 4.78 is 13.3. The molecule has 0 amide bonds. The zero-order valence-corrected chi connectivity index (χ0v) is 23.9. The first-order chi connectivity index (χ1) is 18.8. The summed E-state index contributed by atoms with van der Waals surface area (Å²) in [4.78, 5) is 32.7. The normalized spacial score (nSPS) is 15.1. The van der Waals surface area contributed by atoms with Gasteiger partial charge in [-0.1, -0.05) is 87.4 Å². The van der Waals surface area contributed by atoms with Gasteiger partial charge in [0.15, 0.2) is 16.3 Å². The first kappa shape index (κ1) is 26.6. The number of carbonyl (C=O) groups is 1. The summed E-state index contributed by atoms with van der Waals surface area (Å²) >= 11 is 4.61. The zero-order valence-electron chi connectivity index (χ0n) is 21.5. The highest BCUT2D eigenvalue weighted by Gasteiger charge is 2.35. The standard InChI is InChI=1S/C30H25BrN2O5S/c1-4-38-29(36)24-25(18-8-6-5-7-9-18)32-30-33(26(24)19-12-10-17(2)11-13-19)28(35)23(39-30)15-20-14-21(31)16-22(37-3)27(20)34/h5-16,26,34H,4H2,1-3H3/b23-15-. The molecule has 1 aliphatic heterocycles. The van der Waals surface area contributed by atoms with Gasteiger partial charge in [-0.05, 0) is 37.6 Å². The highest BCUT2D eigenvalue weighted by atomic mass is 79.9. The van der Waals surface area contributed by atoms with Crippen molar-refractivity contribution < 1.29 is 19.4 Å². The van der Waals surface area contributed by atoms with Crippen molar-refractivity contribution >= 4 is 45.0 Å². The topological polar surface area (TPSA) is 90.1 Å². The van der Waals surface area contributed by atoms with E-state index in [1.165, 1.54) is 23.0 Å². The minimum Gasteiger partial charge on any atom is -0.504 e. The SMILES string of the molecule is CCOC(=O)C1=C(c2ccccc2)N=c2s/c(=C\c3cc(Br)cc(OC)c3O)c(=O)n2C1c1ccc(C)cc1. The lowest BCUT2D eigenvalue weighted by molar-refractivity contribution is -0.138. The van der Waals surface area contributed by atoms with Crippen molar-refractivity contribution in [3.63, 3.8) is 0 Å². The molecule has 0 saturated carbocycles. The Labute approximate surface area is 237 Å². The van der Waals surface area contributed by atoms with E-state index < -0.39 is 12.0 Å². The highest BCUT2D eigenvalue weighted by molar-refractivity contribution is 9.10. The predicted molar refractivity (Wildman–Crippen MR) is 155 cm³/mol. The van der Waals surface area contributed by atoms with Gasteiger partial charge in [-0.3, -0.25) is 9.36 Å². The molecule has 1 aliphatic rings.